The quantitative estimate of drug-likeness (QED) is 0.165. The van der Waals surface area contributed by atoms with Crippen LogP contribution in [0.2, 0.25) is 0 Å². The molecular formula is C13H15F4N5O3S. The number of nitrogens with two attached hydrogens (primary N) is 1. The molecule has 0 aliphatic heterocycles. The number of ketones is 1. The van der Waals surface area contributed by atoms with Gasteiger partial charge in [-0.3, -0.25) is 4.79 Å². The van der Waals surface area contributed by atoms with E-state index in [2.05, 4.69) is 5.11 Å². The minimum absolute atomic E-state index is 0.158. The van der Waals surface area contributed by atoms with Crippen LogP contribution >= 0.6 is 0 Å². The molecule has 8 nitrogen and oxygen atoms in total. The Morgan fingerprint density at radius 2 is 1.73 bits per heavy atom. The Balaban J connectivity index is 2.97. The average molecular weight is 397 g/mol. The number of nitrogens with zero attached hydrogens (tertiary/aromatic N) is 3. The number of unbranched alkanes of at least 4 members (excludes halogenated alkanes) is 1. The highest BCUT2D eigenvalue weighted by atomic mass is 32.2. The summed E-state index contributed by atoms with van der Waals surface area (Å²) < 4.78 is 80.7. The second kappa shape index (κ2) is 8.94. The molecule has 26 heavy (non-hydrogen) atoms. The molecule has 0 saturated heterocycles. The van der Waals surface area contributed by atoms with Crippen molar-refractivity contribution in [2.75, 3.05) is 6.54 Å². The van der Waals surface area contributed by atoms with E-state index in [4.69, 9.17) is 11.3 Å². The zero-order valence-electron chi connectivity index (χ0n) is 13.5. The number of hydrogen-bond donors (Lipinski definition) is 2. The van der Waals surface area contributed by atoms with Crippen molar-refractivity contribution >= 4 is 21.5 Å². The molecule has 0 saturated carbocycles. The molecule has 0 fully saturated rings. The molecule has 1 atom stereocenters. The lowest BCUT2D eigenvalue weighted by Gasteiger charge is -2.12. The van der Waals surface area contributed by atoms with Gasteiger partial charge < -0.3 is 5.73 Å². The minimum atomic E-state index is -4.93. The van der Waals surface area contributed by atoms with E-state index in [-0.39, 0.29) is 25.2 Å². The average Bonchev–Trinajstić information content (AvgIpc) is 2.56. The molecule has 1 aromatic carbocycles. The predicted octanol–water partition coefficient (Wildman–Crippen LogP) is 2.55. The topological polar surface area (TPSA) is 138 Å². The molecule has 1 unspecified atom stereocenters. The van der Waals surface area contributed by atoms with Crippen molar-refractivity contribution in [2.45, 2.75) is 37.1 Å². The first-order chi connectivity index (χ1) is 12.0. The Morgan fingerprint density at radius 3 is 2.19 bits per heavy atom. The SMILES string of the molecule is CC(=O)C(N)CCCCNS(=O)(=O)c1c(F)c(F)c(N=[N+]=[N-])c(F)c1F. The highest BCUT2D eigenvalue weighted by Gasteiger charge is 2.32. The molecule has 0 radical (unpaired) electrons. The highest BCUT2D eigenvalue weighted by Crippen LogP contribution is 2.32. The number of halogens is 4. The van der Waals surface area contributed by atoms with Gasteiger partial charge in [0.05, 0.1) is 6.04 Å². The summed E-state index contributed by atoms with van der Waals surface area (Å²) >= 11 is 0. The summed E-state index contributed by atoms with van der Waals surface area (Å²) in [4.78, 5) is 11.1. The maximum atomic E-state index is 13.9. The standard InChI is InChI=1S/C13H15F4N5O3S/c1-6(23)7(18)4-2-3-5-20-26(24,25)13-10(16)8(14)12(21-22-19)9(15)11(13)17/h7,20H,2-5,18H2,1H3. The Labute approximate surface area is 146 Å². The number of rotatable bonds is 9. The van der Waals surface area contributed by atoms with E-state index in [9.17, 15) is 30.8 Å². The van der Waals surface area contributed by atoms with E-state index in [1.807, 2.05) is 4.91 Å². The number of carbonyl (C=O) groups is 1. The van der Waals surface area contributed by atoms with Crippen LogP contribution in [0.1, 0.15) is 26.2 Å². The van der Waals surface area contributed by atoms with Crippen molar-refractivity contribution in [2.24, 2.45) is 10.8 Å². The molecule has 0 bridgehead atoms. The Kier molecular flexibility index (Phi) is 7.51. The number of carbonyl (C=O) groups excluding carboxylic acids is 1. The van der Waals surface area contributed by atoms with Crippen LogP contribution in [0.5, 0.6) is 0 Å². The van der Waals surface area contributed by atoms with Crippen molar-refractivity contribution in [3.63, 3.8) is 0 Å². The molecule has 1 rings (SSSR count). The number of azide groups is 1. The molecule has 0 aromatic heterocycles. The molecule has 0 spiro atoms. The number of Topliss-reactive ketones (excluding diaryl/α,β-unsaturated/α-hetero) is 1. The van der Waals surface area contributed by atoms with Crippen LogP contribution in [0.4, 0.5) is 23.2 Å². The summed E-state index contributed by atoms with van der Waals surface area (Å²) in [6.45, 7) is 0.981. The zero-order valence-corrected chi connectivity index (χ0v) is 14.3. The maximum Gasteiger partial charge on any atom is 0.246 e. The van der Waals surface area contributed by atoms with E-state index in [0.717, 1.165) is 0 Å². The third-order valence-corrected chi connectivity index (χ3v) is 4.85. The summed E-state index contributed by atoms with van der Waals surface area (Å²) in [5, 5.41) is 2.46. The van der Waals surface area contributed by atoms with E-state index in [0.29, 0.717) is 6.42 Å². The largest absolute Gasteiger partial charge is 0.322 e. The van der Waals surface area contributed by atoms with Crippen molar-refractivity contribution < 1.29 is 30.8 Å². The normalized spacial score (nSPS) is 12.5. The monoisotopic (exact) mass is 397 g/mol. The fourth-order valence-corrected chi connectivity index (χ4v) is 3.15. The molecule has 0 heterocycles. The van der Waals surface area contributed by atoms with Gasteiger partial charge in [0, 0.05) is 11.5 Å². The lowest BCUT2D eigenvalue weighted by atomic mass is 10.1. The molecule has 13 heteroatoms. The number of benzene rings is 1. The summed E-state index contributed by atoms with van der Waals surface area (Å²) in [6, 6.07) is -0.710. The van der Waals surface area contributed by atoms with Gasteiger partial charge in [0.25, 0.3) is 0 Å². The molecular weight excluding hydrogens is 382 g/mol. The highest BCUT2D eigenvalue weighted by molar-refractivity contribution is 7.89. The first-order valence-electron chi connectivity index (χ1n) is 7.21. The van der Waals surface area contributed by atoms with Gasteiger partial charge in [0.1, 0.15) is 11.5 Å². The van der Waals surface area contributed by atoms with Crippen LogP contribution in [0.15, 0.2) is 10.0 Å². The number of sulfonamides is 1. The van der Waals surface area contributed by atoms with Crippen molar-refractivity contribution in [1.82, 2.24) is 4.72 Å². The second-order valence-corrected chi connectivity index (χ2v) is 6.94. The van der Waals surface area contributed by atoms with Crippen molar-refractivity contribution in [3.05, 3.63) is 33.7 Å². The van der Waals surface area contributed by atoms with Gasteiger partial charge >= 0.3 is 0 Å². The summed E-state index contributed by atoms with van der Waals surface area (Å²) in [6.07, 6.45) is 0.752. The van der Waals surface area contributed by atoms with Crippen molar-refractivity contribution in [1.29, 1.82) is 0 Å². The van der Waals surface area contributed by atoms with E-state index in [1.54, 1.807) is 4.72 Å². The third kappa shape index (κ3) is 4.91. The Hall–Kier alpha value is -2.21. The van der Waals surface area contributed by atoms with Gasteiger partial charge in [0.15, 0.2) is 28.2 Å². The fourth-order valence-electron chi connectivity index (χ4n) is 1.94. The Bertz CT molecular complexity index is 827. The number of nitrogens with one attached hydrogen (secondary N) is 1. The van der Waals surface area contributed by atoms with Gasteiger partial charge in [-0.25, -0.2) is 30.7 Å². The van der Waals surface area contributed by atoms with Crippen LogP contribution in [-0.4, -0.2) is 26.8 Å². The smallest absolute Gasteiger partial charge is 0.246 e. The third-order valence-electron chi connectivity index (χ3n) is 3.37. The Morgan fingerprint density at radius 1 is 1.19 bits per heavy atom. The van der Waals surface area contributed by atoms with Crippen LogP contribution in [0.25, 0.3) is 10.4 Å². The van der Waals surface area contributed by atoms with Crippen molar-refractivity contribution in [3.8, 4) is 0 Å². The van der Waals surface area contributed by atoms with Gasteiger partial charge in [-0.2, -0.15) is 0 Å². The molecule has 0 aliphatic carbocycles. The molecule has 0 aliphatic rings. The fraction of sp³-hybridized carbons (Fsp3) is 0.462. The summed E-state index contributed by atoms with van der Waals surface area (Å²) in [7, 11) is -4.93. The van der Waals surface area contributed by atoms with Crippen LogP contribution in [0.3, 0.4) is 0 Å². The first kappa shape index (κ1) is 21.8. The summed E-state index contributed by atoms with van der Waals surface area (Å²) in [5.74, 6) is -8.93. The zero-order chi connectivity index (χ0) is 20.1. The lowest BCUT2D eigenvalue weighted by Crippen LogP contribution is -2.29. The van der Waals surface area contributed by atoms with Gasteiger partial charge in [-0.05, 0) is 25.3 Å². The second-order valence-electron chi connectivity index (χ2n) is 5.23. The molecule has 144 valence electrons. The van der Waals surface area contributed by atoms with Crippen LogP contribution < -0.4 is 10.5 Å². The van der Waals surface area contributed by atoms with Gasteiger partial charge in [0.2, 0.25) is 10.0 Å². The number of hydrogen-bond acceptors (Lipinski definition) is 5. The molecule has 1 aromatic rings. The van der Waals surface area contributed by atoms with Crippen LogP contribution in [-0.2, 0) is 14.8 Å². The van der Waals surface area contributed by atoms with Crippen LogP contribution in [0, 0.1) is 23.3 Å². The summed E-state index contributed by atoms with van der Waals surface area (Å²) in [5.41, 5.74) is 12.0. The van der Waals surface area contributed by atoms with E-state index in [1.165, 1.54) is 6.92 Å². The van der Waals surface area contributed by atoms with E-state index >= 15 is 0 Å². The maximum absolute atomic E-state index is 13.9. The first-order valence-corrected chi connectivity index (χ1v) is 8.69. The molecule has 0 amide bonds. The van der Waals surface area contributed by atoms with Gasteiger partial charge in [-0.15, -0.1) is 0 Å². The predicted molar refractivity (Wildman–Crippen MR) is 82.8 cm³/mol. The van der Waals surface area contributed by atoms with Gasteiger partial charge in [-0.1, -0.05) is 11.5 Å². The molecule has 3 N–H and O–H groups in total. The van der Waals surface area contributed by atoms with E-state index < -0.39 is 49.9 Å². The lowest BCUT2D eigenvalue weighted by molar-refractivity contribution is -0.118. The minimum Gasteiger partial charge on any atom is -0.322 e.